The topological polar surface area (TPSA) is 110 Å². The summed E-state index contributed by atoms with van der Waals surface area (Å²) in [6.07, 6.45) is 0.0620. The molecule has 3 aromatic rings. The highest BCUT2D eigenvalue weighted by molar-refractivity contribution is 5.86. The number of carbonyl (C=O) groups is 2. The first kappa shape index (κ1) is 20.1. The number of fused-ring (bicyclic) bond motifs is 1. The number of carbonyl (C=O) groups excluding carboxylic acids is 1. The number of rotatable bonds is 6. The lowest BCUT2D eigenvalue weighted by Crippen LogP contribution is -2.50. The number of aliphatic carboxylic acids is 1. The Bertz CT molecular complexity index is 1180. The van der Waals surface area contributed by atoms with Crippen molar-refractivity contribution in [2.45, 2.75) is 25.4 Å². The van der Waals surface area contributed by atoms with Crippen LogP contribution in [-0.2, 0) is 23.1 Å². The molecule has 8 nitrogen and oxygen atoms in total. The van der Waals surface area contributed by atoms with Gasteiger partial charge in [0.25, 0.3) is 5.56 Å². The highest BCUT2D eigenvalue weighted by Crippen LogP contribution is 2.14. The molecule has 0 saturated heterocycles. The van der Waals surface area contributed by atoms with Crippen LogP contribution in [0.25, 0.3) is 10.9 Å². The van der Waals surface area contributed by atoms with Gasteiger partial charge < -0.3 is 10.4 Å². The minimum atomic E-state index is -1.21. The number of para-hydroxylation sites is 1. The molecule has 3 rings (SSSR count). The molecule has 2 N–H and O–H groups in total. The Morgan fingerprint density at radius 1 is 1.03 bits per heavy atom. The van der Waals surface area contributed by atoms with Gasteiger partial charge in [0.1, 0.15) is 12.1 Å². The summed E-state index contributed by atoms with van der Waals surface area (Å²) in [7, 11) is 1.53. The fourth-order valence-corrected chi connectivity index (χ4v) is 3.21. The molecule has 29 heavy (non-hydrogen) atoms. The summed E-state index contributed by atoms with van der Waals surface area (Å²) in [5.74, 6) is -1.92. The maximum Gasteiger partial charge on any atom is 0.331 e. The van der Waals surface area contributed by atoms with Crippen LogP contribution in [0.2, 0.25) is 0 Å². The molecule has 8 heteroatoms. The zero-order valence-corrected chi connectivity index (χ0v) is 16.0. The molecule has 0 aliphatic carbocycles. The van der Waals surface area contributed by atoms with Gasteiger partial charge in [0.2, 0.25) is 5.91 Å². The molecule has 0 bridgehead atoms. The van der Waals surface area contributed by atoms with E-state index in [0.717, 1.165) is 10.1 Å². The predicted molar refractivity (Wildman–Crippen MR) is 108 cm³/mol. The number of aromatic nitrogens is 2. The average Bonchev–Trinajstić information content (AvgIpc) is 2.72. The Hall–Kier alpha value is -3.68. The summed E-state index contributed by atoms with van der Waals surface area (Å²) in [4.78, 5) is 50.2. The normalized spacial score (nSPS) is 13.0. The molecule has 0 saturated carbocycles. The lowest BCUT2D eigenvalue weighted by atomic mass is 10.0. The van der Waals surface area contributed by atoms with Gasteiger partial charge >= 0.3 is 11.7 Å². The van der Waals surface area contributed by atoms with Gasteiger partial charge in [-0.15, -0.1) is 0 Å². The van der Waals surface area contributed by atoms with Crippen molar-refractivity contribution in [1.82, 2.24) is 14.5 Å². The molecule has 0 radical (unpaired) electrons. The van der Waals surface area contributed by atoms with Crippen LogP contribution >= 0.6 is 0 Å². The number of carboxylic acid groups (broad SMARTS) is 1. The van der Waals surface area contributed by atoms with Crippen LogP contribution in [0.3, 0.4) is 0 Å². The summed E-state index contributed by atoms with van der Waals surface area (Å²) in [5.41, 5.74) is -0.0511. The first-order valence-corrected chi connectivity index (χ1v) is 9.08. The number of hydrogen-bond acceptors (Lipinski definition) is 4. The summed E-state index contributed by atoms with van der Waals surface area (Å²) in [5, 5.41) is 11.8. The van der Waals surface area contributed by atoms with Gasteiger partial charge in [-0.1, -0.05) is 42.5 Å². The average molecular weight is 395 g/mol. The van der Waals surface area contributed by atoms with Gasteiger partial charge in [-0.2, -0.15) is 0 Å². The zero-order valence-electron chi connectivity index (χ0n) is 16.0. The second-order valence-electron chi connectivity index (χ2n) is 6.81. The van der Waals surface area contributed by atoms with Crippen LogP contribution in [-0.4, -0.2) is 32.2 Å². The number of aryl methyl sites for hydroxylation is 1. The van der Waals surface area contributed by atoms with Gasteiger partial charge in [0, 0.05) is 13.5 Å². The molecule has 2 aromatic carbocycles. The summed E-state index contributed by atoms with van der Waals surface area (Å²) in [6, 6.07) is 13.2. The quantitative estimate of drug-likeness (QED) is 0.649. The van der Waals surface area contributed by atoms with Crippen LogP contribution in [0.1, 0.15) is 18.5 Å². The molecular weight excluding hydrogens is 374 g/mol. The Morgan fingerprint density at radius 2 is 1.66 bits per heavy atom. The van der Waals surface area contributed by atoms with Crippen molar-refractivity contribution in [3.63, 3.8) is 0 Å². The van der Waals surface area contributed by atoms with E-state index in [4.69, 9.17) is 5.11 Å². The van der Waals surface area contributed by atoms with Crippen LogP contribution in [0.5, 0.6) is 0 Å². The first-order valence-electron chi connectivity index (χ1n) is 9.08. The lowest BCUT2D eigenvalue weighted by Gasteiger charge is -2.21. The monoisotopic (exact) mass is 395 g/mol. The third kappa shape index (κ3) is 3.96. The molecule has 2 atom stereocenters. The number of benzene rings is 2. The van der Waals surface area contributed by atoms with Gasteiger partial charge in [0.05, 0.1) is 10.9 Å². The first-order chi connectivity index (χ1) is 13.8. The van der Waals surface area contributed by atoms with Crippen molar-refractivity contribution in [1.29, 1.82) is 0 Å². The van der Waals surface area contributed by atoms with Gasteiger partial charge in [-0.25, -0.2) is 9.36 Å². The zero-order chi connectivity index (χ0) is 21.1. The Kier molecular flexibility index (Phi) is 5.63. The molecule has 150 valence electrons. The van der Waals surface area contributed by atoms with Crippen molar-refractivity contribution < 1.29 is 14.7 Å². The molecule has 0 fully saturated rings. The van der Waals surface area contributed by atoms with Gasteiger partial charge in [-0.3, -0.25) is 19.0 Å². The lowest BCUT2D eigenvalue weighted by molar-refractivity contribution is -0.141. The van der Waals surface area contributed by atoms with Crippen molar-refractivity contribution in [3.8, 4) is 0 Å². The van der Waals surface area contributed by atoms with Crippen molar-refractivity contribution in [3.05, 3.63) is 81.0 Å². The van der Waals surface area contributed by atoms with Gasteiger partial charge in [0.15, 0.2) is 0 Å². The van der Waals surface area contributed by atoms with E-state index >= 15 is 0 Å². The second-order valence-corrected chi connectivity index (χ2v) is 6.81. The fraction of sp³-hybridized carbons (Fsp3) is 0.238. The molecule has 2 unspecified atom stereocenters. The molecular formula is C21H21N3O5. The van der Waals surface area contributed by atoms with Gasteiger partial charge in [-0.05, 0) is 24.6 Å². The van der Waals surface area contributed by atoms with E-state index in [1.54, 1.807) is 48.5 Å². The number of amides is 1. The molecule has 1 amide bonds. The van der Waals surface area contributed by atoms with Crippen molar-refractivity contribution in [2.24, 2.45) is 7.05 Å². The van der Waals surface area contributed by atoms with E-state index in [0.29, 0.717) is 10.9 Å². The summed E-state index contributed by atoms with van der Waals surface area (Å²) >= 11 is 0. The maximum atomic E-state index is 13.1. The third-order valence-electron chi connectivity index (χ3n) is 4.82. The summed E-state index contributed by atoms with van der Waals surface area (Å²) in [6.45, 7) is 1.32. The highest BCUT2D eigenvalue weighted by atomic mass is 16.4. The van der Waals surface area contributed by atoms with Crippen molar-refractivity contribution in [2.75, 3.05) is 0 Å². The standard InChI is InChI=1S/C21H21N3O5/c1-13(20(27)28)22-18(25)17(12-14-8-4-3-5-9-14)24-19(26)15-10-6-7-11-16(15)23(2)21(24)29/h3-11,13,17H,12H2,1-2H3,(H,22,25)(H,27,28). The molecule has 1 aromatic heterocycles. The Morgan fingerprint density at radius 3 is 2.31 bits per heavy atom. The number of hydrogen-bond donors (Lipinski definition) is 2. The van der Waals surface area contributed by atoms with Crippen LogP contribution in [0.15, 0.2) is 64.2 Å². The van der Waals surface area contributed by atoms with Crippen LogP contribution in [0.4, 0.5) is 0 Å². The van der Waals surface area contributed by atoms with E-state index in [-0.39, 0.29) is 6.42 Å². The van der Waals surface area contributed by atoms with E-state index in [9.17, 15) is 19.2 Å². The van der Waals surface area contributed by atoms with E-state index in [1.165, 1.54) is 18.5 Å². The smallest absolute Gasteiger partial charge is 0.331 e. The predicted octanol–water partition coefficient (Wildman–Crippen LogP) is 1.07. The van der Waals surface area contributed by atoms with Crippen LogP contribution in [0, 0.1) is 0 Å². The van der Waals surface area contributed by atoms with E-state index in [2.05, 4.69) is 5.32 Å². The highest BCUT2D eigenvalue weighted by Gasteiger charge is 2.28. The SMILES string of the molecule is CC(NC(=O)C(Cc1ccccc1)n1c(=O)c2ccccc2n(C)c1=O)C(=O)O. The molecule has 0 aliphatic heterocycles. The van der Waals surface area contributed by atoms with Crippen LogP contribution < -0.4 is 16.6 Å². The minimum absolute atomic E-state index is 0.0620. The third-order valence-corrected chi connectivity index (χ3v) is 4.82. The Labute approximate surface area is 166 Å². The Balaban J connectivity index is 2.18. The molecule has 0 aliphatic rings. The molecule has 1 heterocycles. The number of nitrogens with one attached hydrogen (secondary N) is 1. The number of nitrogens with zero attached hydrogens (tertiary/aromatic N) is 2. The van der Waals surface area contributed by atoms with E-state index in [1.807, 2.05) is 6.07 Å². The second kappa shape index (κ2) is 8.14. The fourth-order valence-electron chi connectivity index (χ4n) is 3.21. The maximum absolute atomic E-state index is 13.1. The summed E-state index contributed by atoms with van der Waals surface area (Å²) < 4.78 is 2.21. The van der Waals surface area contributed by atoms with Crippen molar-refractivity contribution >= 4 is 22.8 Å². The molecule has 0 spiro atoms. The largest absolute Gasteiger partial charge is 0.480 e. The number of carboxylic acids is 1. The van der Waals surface area contributed by atoms with E-state index < -0.39 is 35.2 Å². The minimum Gasteiger partial charge on any atom is -0.480 e.